The Morgan fingerprint density at radius 1 is 0.742 bits per heavy atom. The Hall–Kier alpha value is -0.823. The van der Waals surface area contributed by atoms with Gasteiger partial charge in [0.15, 0.2) is 0 Å². The molecule has 1 saturated carbocycles. The summed E-state index contributed by atoms with van der Waals surface area (Å²) in [6.07, 6.45) is 27.0. The molecule has 0 radical (unpaired) electrons. The van der Waals surface area contributed by atoms with E-state index in [0.29, 0.717) is 0 Å². The number of hydrogen-bond acceptors (Lipinski definition) is 0. The Bertz CT molecular complexity index is 557. The van der Waals surface area contributed by atoms with Gasteiger partial charge in [0.2, 0.25) is 0 Å². The van der Waals surface area contributed by atoms with Crippen LogP contribution >= 0.6 is 0 Å². The molecule has 1 unspecified atom stereocenters. The molecule has 1 heteroatoms. The summed E-state index contributed by atoms with van der Waals surface area (Å²) in [6.45, 7) is 4.65. The standard InChI is InChI=1S/C30H52Si/c1-3-5-7-9-10-12-20-27-31(26-19-11-8-6-4-2,30-23-17-14-18-24-30)28-25-29-21-15-13-16-22-29/h13,15-16,20-22,27,30H,3-12,14,17-19,23-26,28H2,1-2H3. The number of benzene rings is 1. The van der Waals surface area contributed by atoms with E-state index in [4.69, 9.17) is 0 Å². The van der Waals surface area contributed by atoms with Crippen molar-refractivity contribution in [1.82, 2.24) is 0 Å². The summed E-state index contributed by atoms with van der Waals surface area (Å²) in [5.74, 6) is 0. The molecule has 0 aromatic heterocycles. The molecule has 1 atom stereocenters. The van der Waals surface area contributed by atoms with Crippen LogP contribution in [0, 0.1) is 0 Å². The molecule has 0 aliphatic heterocycles. The van der Waals surface area contributed by atoms with Gasteiger partial charge in [-0.1, -0.05) is 152 Å². The predicted molar refractivity (Wildman–Crippen MR) is 144 cm³/mol. The summed E-state index contributed by atoms with van der Waals surface area (Å²) in [5, 5.41) is 0. The number of unbranched alkanes of at least 4 members (excludes halogenated alkanes) is 9. The average Bonchev–Trinajstić information content (AvgIpc) is 2.82. The summed E-state index contributed by atoms with van der Waals surface area (Å²) in [5.41, 5.74) is 5.51. The third-order valence-electron chi connectivity index (χ3n) is 7.81. The van der Waals surface area contributed by atoms with Crippen molar-refractivity contribution in [3.05, 3.63) is 47.7 Å². The molecule has 2 rings (SSSR count). The summed E-state index contributed by atoms with van der Waals surface area (Å²) < 4.78 is 0. The van der Waals surface area contributed by atoms with E-state index in [0.717, 1.165) is 5.54 Å². The quantitative estimate of drug-likeness (QED) is 0.167. The lowest BCUT2D eigenvalue weighted by Crippen LogP contribution is -2.39. The molecule has 1 aliphatic carbocycles. The predicted octanol–water partition coefficient (Wildman–Crippen LogP) is 10.4. The summed E-state index contributed by atoms with van der Waals surface area (Å²) >= 11 is 0. The van der Waals surface area contributed by atoms with Gasteiger partial charge in [0.1, 0.15) is 0 Å². The van der Waals surface area contributed by atoms with Crippen LogP contribution in [0.5, 0.6) is 0 Å². The van der Waals surface area contributed by atoms with Gasteiger partial charge in [0.05, 0.1) is 8.07 Å². The number of aryl methyl sites for hydroxylation is 1. The van der Waals surface area contributed by atoms with Gasteiger partial charge in [0.25, 0.3) is 0 Å². The number of hydrogen-bond donors (Lipinski definition) is 0. The second-order valence-corrected chi connectivity index (χ2v) is 14.9. The van der Waals surface area contributed by atoms with E-state index in [2.05, 4.69) is 56.0 Å². The maximum absolute atomic E-state index is 2.89. The van der Waals surface area contributed by atoms with Crippen LogP contribution in [0.4, 0.5) is 0 Å². The first-order valence-corrected chi connectivity index (χ1v) is 16.6. The molecule has 0 heterocycles. The second kappa shape index (κ2) is 16.8. The Morgan fingerprint density at radius 3 is 2.06 bits per heavy atom. The van der Waals surface area contributed by atoms with E-state index in [9.17, 15) is 0 Å². The average molecular weight is 441 g/mol. The lowest BCUT2D eigenvalue weighted by atomic mass is 10.0. The third kappa shape index (κ3) is 10.6. The van der Waals surface area contributed by atoms with E-state index >= 15 is 0 Å². The summed E-state index contributed by atoms with van der Waals surface area (Å²) in [6, 6.07) is 14.4. The van der Waals surface area contributed by atoms with Gasteiger partial charge in [-0.25, -0.2) is 0 Å². The van der Waals surface area contributed by atoms with Crippen LogP contribution < -0.4 is 0 Å². The first kappa shape index (κ1) is 26.4. The van der Waals surface area contributed by atoms with E-state index in [1.807, 2.05) is 0 Å². The molecular formula is C30H52Si. The van der Waals surface area contributed by atoms with Gasteiger partial charge in [0, 0.05) is 0 Å². The molecule has 0 spiro atoms. The smallest absolute Gasteiger partial charge is 0.0807 e. The Labute approximate surface area is 196 Å². The van der Waals surface area contributed by atoms with Crippen molar-refractivity contribution in [2.24, 2.45) is 0 Å². The SMILES string of the molecule is CCCCCCCC=C[Si](CCCCCCC)(CCc1ccccc1)C1CCCCC1. The molecule has 0 N–H and O–H groups in total. The van der Waals surface area contributed by atoms with E-state index < -0.39 is 8.07 Å². The van der Waals surface area contributed by atoms with Crippen molar-refractivity contribution in [3.8, 4) is 0 Å². The fourth-order valence-corrected chi connectivity index (χ4v) is 11.3. The highest BCUT2D eigenvalue weighted by Crippen LogP contribution is 2.43. The maximum atomic E-state index is 2.89. The summed E-state index contributed by atoms with van der Waals surface area (Å²) in [4.78, 5) is 0. The molecule has 0 saturated heterocycles. The van der Waals surface area contributed by atoms with Gasteiger partial charge in [-0.2, -0.15) is 0 Å². The topological polar surface area (TPSA) is 0 Å². The molecule has 0 bridgehead atoms. The van der Waals surface area contributed by atoms with E-state index in [-0.39, 0.29) is 0 Å². The first-order valence-electron chi connectivity index (χ1n) is 14.0. The van der Waals surface area contributed by atoms with Crippen LogP contribution in [-0.2, 0) is 6.42 Å². The highest BCUT2D eigenvalue weighted by Gasteiger charge is 2.38. The molecule has 1 aromatic rings. The zero-order chi connectivity index (χ0) is 22.0. The fourth-order valence-electron chi connectivity index (χ4n) is 5.78. The van der Waals surface area contributed by atoms with Crippen molar-refractivity contribution in [2.75, 3.05) is 0 Å². The number of rotatable bonds is 17. The highest BCUT2D eigenvalue weighted by molar-refractivity contribution is 6.85. The lowest BCUT2D eigenvalue weighted by molar-refractivity contribution is 0.488. The fraction of sp³-hybridized carbons (Fsp3) is 0.733. The molecule has 1 aliphatic rings. The van der Waals surface area contributed by atoms with Crippen LogP contribution in [0.3, 0.4) is 0 Å². The molecule has 0 amide bonds. The highest BCUT2D eigenvalue weighted by atomic mass is 28.3. The third-order valence-corrected chi connectivity index (χ3v) is 13.4. The van der Waals surface area contributed by atoms with Gasteiger partial charge in [-0.15, -0.1) is 0 Å². The Balaban J connectivity index is 2.06. The van der Waals surface area contributed by atoms with Crippen LogP contribution in [0.25, 0.3) is 0 Å². The van der Waals surface area contributed by atoms with Crippen molar-refractivity contribution in [1.29, 1.82) is 0 Å². The van der Waals surface area contributed by atoms with Crippen LogP contribution in [0.15, 0.2) is 42.1 Å². The van der Waals surface area contributed by atoms with Crippen molar-refractivity contribution in [2.45, 2.75) is 141 Å². The molecule has 31 heavy (non-hydrogen) atoms. The summed E-state index contributed by atoms with van der Waals surface area (Å²) in [7, 11) is -1.39. The van der Waals surface area contributed by atoms with Crippen LogP contribution in [0.1, 0.15) is 122 Å². The largest absolute Gasteiger partial charge is 0.0978 e. The minimum absolute atomic E-state index is 1.05. The van der Waals surface area contributed by atoms with E-state index in [1.165, 1.54) is 115 Å². The first-order chi connectivity index (χ1) is 15.3. The van der Waals surface area contributed by atoms with Gasteiger partial charge >= 0.3 is 0 Å². The molecule has 0 nitrogen and oxygen atoms in total. The van der Waals surface area contributed by atoms with E-state index in [1.54, 1.807) is 11.6 Å². The molecule has 1 fully saturated rings. The Morgan fingerprint density at radius 2 is 1.39 bits per heavy atom. The molecular weight excluding hydrogens is 388 g/mol. The second-order valence-electron chi connectivity index (χ2n) is 10.3. The van der Waals surface area contributed by atoms with Crippen molar-refractivity contribution in [3.63, 3.8) is 0 Å². The molecule has 1 aromatic carbocycles. The van der Waals surface area contributed by atoms with Gasteiger partial charge < -0.3 is 0 Å². The van der Waals surface area contributed by atoms with Gasteiger partial charge in [-0.3, -0.25) is 0 Å². The zero-order valence-corrected chi connectivity index (χ0v) is 22.1. The van der Waals surface area contributed by atoms with Crippen LogP contribution in [0.2, 0.25) is 17.6 Å². The van der Waals surface area contributed by atoms with Gasteiger partial charge in [-0.05, 0) is 36.4 Å². The van der Waals surface area contributed by atoms with Crippen molar-refractivity contribution < 1.29 is 0 Å². The van der Waals surface area contributed by atoms with Crippen molar-refractivity contribution >= 4 is 8.07 Å². The van der Waals surface area contributed by atoms with Crippen LogP contribution in [-0.4, -0.2) is 8.07 Å². The maximum Gasteiger partial charge on any atom is 0.0807 e. The number of allylic oxidation sites excluding steroid dienone is 1. The minimum atomic E-state index is -1.39. The minimum Gasteiger partial charge on any atom is -0.0978 e. The lowest BCUT2D eigenvalue weighted by Gasteiger charge is -2.40. The zero-order valence-electron chi connectivity index (χ0n) is 21.1. The normalized spacial score (nSPS) is 17.2. The molecule has 176 valence electrons. The monoisotopic (exact) mass is 440 g/mol. The Kier molecular flexibility index (Phi) is 14.3.